The monoisotopic (exact) mass is 212 g/mol. The molecular weight excluding hydrogens is 196 g/mol. The highest BCUT2D eigenvalue weighted by atomic mass is 32.1. The summed E-state index contributed by atoms with van der Waals surface area (Å²) < 4.78 is 3.85. The standard InChI is InChI=1S/C9H16N4S/c1-9(2)4-3-5-13(9)6-7-8(10)14-12-11-7/h3-6,10H2,1-2H3. The molecule has 2 N–H and O–H groups in total. The Morgan fingerprint density at radius 1 is 1.57 bits per heavy atom. The lowest BCUT2D eigenvalue weighted by Crippen LogP contribution is -2.37. The predicted molar refractivity (Wildman–Crippen MR) is 58.0 cm³/mol. The van der Waals surface area contributed by atoms with Gasteiger partial charge in [0.1, 0.15) is 10.7 Å². The molecule has 0 atom stereocenters. The summed E-state index contributed by atoms with van der Waals surface area (Å²) in [6.07, 6.45) is 2.52. The van der Waals surface area contributed by atoms with E-state index in [1.165, 1.54) is 24.4 Å². The van der Waals surface area contributed by atoms with Crippen LogP contribution >= 0.6 is 11.5 Å². The molecule has 14 heavy (non-hydrogen) atoms. The summed E-state index contributed by atoms with van der Waals surface area (Å²) >= 11 is 1.28. The quantitative estimate of drug-likeness (QED) is 0.807. The molecule has 1 aromatic rings. The SMILES string of the molecule is CC1(C)CCCN1Cc1nnsc1N. The third kappa shape index (κ3) is 1.74. The number of anilines is 1. The number of hydrogen-bond acceptors (Lipinski definition) is 5. The average molecular weight is 212 g/mol. The molecule has 1 aliphatic heterocycles. The van der Waals surface area contributed by atoms with Crippen LogP contribution in [0.2, 0.25) is 0 Å². The lowest BCUT2D eigenvalue weighted by molar-refractivity contribution is 0.165. The van der Waals surface area contributed by atoms with E-state index >= 15 is 0 Å². The minimum Gasteiger partial charge on any atom is -0.388 e. The molecular formula is C9H16N4S. The van der Waals surface area contributed by atoms with E-state index in [2.05, 4.69) is 28.3 Å². The second kappa shape index (κ2) is 3.47. The maximum atomic E-state index is 5.77. The van der Waals surface area contributed by atoms with E-state index in [1.54, 1.807) is 0 Å². The molecule has 78 valence electrons. The Kier molecular flexibility index (Phi) is 2.45. The van der Waals surface area contributed by atoms with Gasteiger partial charge in [0, 0.05) is 23.6 Å². The van der Waals surface area contributed by atoms with Crippen molar-refractivity contribution in [1.29, 1.82) is 0 Å². The number of nitrogen functional groups attached to an aromatic ring is 1. The van der Waals surface area contributed by atoms with Gasteiger partial charge < -0.3 is 5.73 Å². The highest BCUT2D eigenvalue weighted by molar-refractivity contribution is 7.09. The molecule has 1 saturated heterocycles. The van der Waals surface area contributed by atoms with Crippen molar-refractivity contribution in [3.63, 3.8) is 0 Å². The summed E-state index contributed by atoms with van der Waals surface area (Å²) in [5.74, 6) is 0. The molecule has 0 spiro atoms. The van der Waals surface area contributed by atoms with E-state index in [9.17, 15) is 0 Å². The lowest BCUT2D eigenvalue weighted by Gasteiger charge is -2.30. The molecule has 0 radical (unpaired) electrons. The Balaban J connectivity index is 2.08. The van der Waals surface area contributed by atoms with Crippen molar-refractivity contribution < 1.29 is 0 Å². The van der Waals surface area contributed by atoms with Crippen LogP contribution in [-0.4, -0.2) is 26.6 Å². The molecule has 1 aromatic heterocycles. The molecule has 0 saturated carbocycles. The van der Waals surface area contributed by atoms with Crippen LogP contribution in [-0.2, 0) is 6.54 Å². The van der Waals surface area contributed by atoms with Crippen molar-refractivity contribution in [1.82, 2.24) is 14.5 Å². The van der Waals surface area contributed by atoms with Crippen molar-refractivity contribution in [2.75, 3.05) is 12.3 Å². The third-order valence-corrected chi connectivity index (χ3v) is 3.59. The van der Waals surface area contributed by atoms with Gasteiger partial charge in [0.05, 0.1) is 0 Å². The fourth-order valence-electron chi connectivity index (χ4n) is 1.96. The van der Waals surface area contributed by atoms with Crippen molar-refractivity contribution in [2.45, 2.75) is 38.8 Å². The third-order valence-electron chi connectivity index (χ3n) is 3.00. The number of rotatable bonds is 2. The minimum atomic E-state index is 0.288. The van der Waals surface area contributed by atoms with Crippen LogP contribution in [0.4, 0.5) is 5.00 Å². The highest BCUT2D eigenvalue weighted by Crippen LogP contribution is 2.30. The van der Waals surface area contributed by atoms with Gasteiger partial charge in [-0.15, -0.1) is 5.10 Å². The molecule has 0 bridgehead atoms. The minimum absolute atomic E-state index is 0.288. The first-order valence-electron chi connectivity index (χ1n) is 4.91. The summed E-state index contributed by atoms with van der Waals surface area (Å²) in [5.41, 5.74) is 7.00. The van der Waals surface area contributed by atoms with E-state index in [4.69, 9.17) is 5.73 Å². The van der Waals surface area contributed by atoms with Gasteiger partial charge in [0.25, 0.3) is 0 Å². The number of hydrogen-bond donors (Lipinski definition) is 1. The molecule has 2 rings (SSSR count). The topological polar surface area (TPSA) is 55.0 Å². The maximum Gasteiger partial charge on any atom is 0.132 e. The van der Waals surface area contributed by atoms with E-state index in [-0.39, 0.29) is 5.54 Å². The van der Waals surface area contributed by atoms with Crippen molar-refractivity contribution in [3.8, 4) is 0 Å². The van der Waals surface area contributed by atoms with Crippen LogP contribution in [0.5, 0.6) is 0 Å². The molecule has 2 heterocycles. The van der Waals surface area contributed by atoms with Gasteiger partial charge in [-0.2, -0.15) is 0 Å². The molecule has 0 unspecified atom stereocenters. The number of nitrogens with two attached hydrogens (primary N) is 1. The Hall–Kier alpha value is -0.680. The van der Waals surface area contributed by atoms with Gasteiger partial charge in [-0.05, 0) is 33.2 Å². The summed E-state index contributed by atoms with van der Waals surface area (Å²) in [6, 6.07) is 0. The summed E-state index contributed by atoms with van der Waals surface area (Å²) in [6.45, 7) is 6.53. The molecule has 0 aromatic carbocycles. The second-order valence-corrected chi connectivity index (χ2v) is 5.21. The van der Waals surface area contributed by atoms with E-state index < -0.39 is 0 Å². The first-order valence-corrected chi connectivity index (χ1v) is 5.69. The molecule has 0 amide bonds. The molecule has 0 aliphatic carbocycles. The molecule has 1 fully saturated rings. The number of nitrogens with zero attached hydrogens (tertiary/aromatic N) is 3. The lowest BCUT2D eigenvalue weighted by atomic mass is 10.0. The van der Waals surface area contributed by atoms with Gasteiger partial charge in [-0.25, -0.2) is 0 Å². The smallest absolute Gasteiger partial charge is 0.132 e. The fourth-order valence-corrected chi connectivity index (χ4v) is 2.40. The zero-order valence-electron chi connectivity index (χ0n) is 8.66. The zero-order chi connectivity index (χ0) is 10.2. The summed E-state index contributed by atoms with van der Waals surface area (Å²) in [4.78, 5) is 2.43. The zero-order valence-corrected chi connectivity index (χ0v) is 9.47. The fraction of sp³-hybridized carbons (Fsp3) is 0.778. The Morgan fingerprint density at radius 2 is 2.36 bits per heavy atom. The predicted octanol–water partition coefficient (Wildman–Crippen LogP) is 1.49. The van der Waals surface area contributed by atoms with E-state index in [0.29, 0.717) is 0 Å². The van der Waals surface area contributed by atoms with Gasteiger partial charge in [-0.3, -0.25) is 4.90 Å². The van der Waals surface area contributed by atoms with Crippen LogP contribution < -0.4 is 5.73 Å². The first kappa shape index (κ1) is 9.86. The Bertz CT molecular complexity index is 320. The summed E-state index contributed by atoms with van der Waals surface area (Å²) in [7, 11) is 0. The van der Waals surface area contributed by atoms with Crippen molar-refractivity contribution in [3.05, 3.63) is 5.69 Å². The van der Waals surface area contributed by atoms with Crippen LogP contribution in [0.3, 0.4) is 0 Å². The van der Waals surface area contributed by atoms with Crippen LogP contribution in [0.1, 0.15) is 32.4 Å². The Labute approximate surface area is 88.3 Å². The second-order valence-electron chi connectivity index (χ2n) is 4.42. The van der Waals surface area contributed by atoms with E-state index in [0.717, 1.165) is 23.8 Å². The van der Waals surface area contributed by atoms with Crippen molar-refractivity contribution in [2.24, 2.45) is 0 Å². The van der Waals surface area contributed by atoms with E-state index in [1.807, 2.05) is 0 Å². The largest absolute Gasteiger partial charge is 0.388 e. The van der Waals surface area contributed by atoms with Crippen LogP contribution in [0.15, 0.2) is 0 Å². The van der Waals surface area contributed by atoms with Gasteiger partial charge in [-0.1, -0.05) is 4.49 Å². The van der Waals surface area contributed by atoms with Crippen LogP contribution in [0, 0.1) is 0 Å². The molecule has 1 aliphatic rings. The normalized spacial score (nSPS) is 21.6. The first-order chi connectivity index (χ1) is 6.59. The van der Waals surface area contributed by atoms with Crippen molar-refractivity contribution >= 4 is 16.5 Å². The number of likely N-dealkylation sites (tertiary alicyclic amines) is 1. The average Bonchev–Trinajstić information content (AvgIpc) is 2.62. The molecule has 4 nitrogen and oxygen atoms in total. The van der Waals surface area contributed by atoms with Crippen LogP contribution in [0.25, 0.3) is 0 Å². The summed E-state index contributed by atoms with van der Waals surface area (Å²) in [5, 5.41) is 4.80. The van der Waals surface area contributed by atoms with Gasteiger partial charge in [0.2, 0.25) is 0 Å². The number of aromatic nitrogens is 2. The van der Waals surface area contributed by atoms with Gasteiger partial charge in [0.15, 0.2) is 0 Å². The van der Waals surface area contributed by atoms with Gasteiger partial charge >= 0.3 is 0 Å². The highest BCUT2D eigenvalue weighted by Gasteiger charge is 2.32. The Morgan fingerprint density at radius 3 is 2.86 bits per heavy atom. The maximum absolute atomic E-state index is 5.77. The molecule has 5 heteroatoms.